The van der Waals surface area contributed by atoms with Gasteiger partial charge in [-0.15, -0.1) is 0 Å². The van der Waals surface area contributed by atoms with E-state index >= 15 is 0 Å². The van der Waals surface area contributed by atoms with Crippen LogP contribution < -0.4 is 0 Å². The molecule has 4 heteroatoms. The van der Waals surface area contributed by atoms with Crippen molar-refractivity contribution in [1.29, 1.82) is 0 Å². The third kappa shape index (κ3) is 4.57. The van der Waals surface area contributed by atoms with Crippen molar-refractivity contribution in [2.75, 3.05) is 26.7 Å². The summed E-state index contributed by atoms with van der Waals surface area (Å²) in [6.07, 6.45) is 3.65. The molecule has 28 heavy (non-hydrogen) atoms. The number of aromatic nitrogens is 2. The number of para-hydroxylation sites is 2. The number of nitrogens with zero attached hydrogens (tertiary/aromatic N) is 4. The highest BCUT2D eigenvalue weighted by Crippen LogP contribution is 2.19. The summed E-state index contributed by atoms with van der Waals surface area (Å²) in [6, 6.07) is 19.6. The molecule has 2 heterocycles. The fourth-order valence-electron chi connectivity index (χ4n) is 4.15. The van der Waals surface area contributed by atoms with Crippen molar-refractivity contribution in [2.45, 2.75) is 38.8 Å². The standard InChI is InChI=1S/C24H30N4/c1-19-24(26-23-13-7-6-12-22(23)25-19)18-28-15-8-11-21(17-28)27(2)16-14-20-9-4-3-5-10-20/h3-7,9-10,12-13,21H,8,11,14-18H2,1-2H3. The molecule has 0 amide bonds. The summed E-state index contributed by atoms with van der Waals surface area (Å²) in [5.41, 5.74) is 5.58. The molecular formula is C24H30N4. The molecule has 1 unspecified atom stereocenters. The molecule has 1 aromatic heterocycles. The quantitative estimate of drug-likeness (QED) is 0.651. The Hall–Kier alpha value is -2.30. The molecule has 146 valence electrons. The number of piperidine rings is 1. The Bertz CT molecular complexity index is 909. The van der Waals surface area contributed by atoms with Crippen LogP contribution in [0.2, 0.25) is 0 Å². The maximum Gasteiger partial charge on any atom is 0.0890 e. The first-order valence-corrected chi connectivity index (χ1v) is 10.4. The van der Waals surface area contributed by atoms with Crippen molar-refractivity contribution in [1.82, 2.24) is 19.8 Å². The van der Waals surface area contributed by atoms with E-state index in [-0.39, 0.29) is 0 Å². The zero-order valence-corrected chi connectivity index (χ0v) is 17.0. The number of aryl methyl sites for hydroxylation is 1. The third-order valence-electron chi connectivity index (χ3n) is 5.92. The molecule has 0 spiro atoms. The molecule has 1 atom stereocenters. The van der Waals surface area contributed by atoms with Crippen molar-refractivity contribution in [3.8, 4) is 0 Å². The molecule has 4 nitrogen and oxygen atoms in total. The van der Waals surface area contributed by atoms with Gasteiger partial charge in [0, 0.05) is 25.7 Å². The van der Waals surface area contributed by atoms with E-state index in [0.717, 1.165) is 55.0 Å². The van der Waals surface area contributed by atoms with Gasteiger partial charge in [0.1, 0.15) is 0 Å². The number of hydrogen-bond donors (Lipinski definition) is 0. The minimum atomic E-state index is 0.617. The molecule has 0 aliphatic carbocycles. The lowest BCUT2D eigenvalue weighted by atomic mass is 10.0. The van der Waals surface area contributed by atoms with Crippen LogP contribution in [-0.4, -0.2) is 52.5 Å². The lowest BCUT2D eigenvalue weighted by Crippen LogP contribution is -2.46. The zero-order valence-electron chi connectivity index (χ0n) is 17.0. The minimum absolute atomic E-state index is 0.617. The van der Waals surface area contributed by atoms with Crippen molar-refractivity contribution in [3.05, 3.63) is 71.5 Å². The first-order valence-electron chi connectivity index (χ1n) is 10.4. The molecule has 1 saturated heterocycles. The average molecular weight is 375 g/mol. The van der Waals surface area contributed by atoms with E-state index in [1.807, 2.05) is 18.2 Å². The van der Waals surface area contributed by atoms with Gasteiger partial charge in [0.2, 0.25) is 0 Å². The second kappa shape index (κ2) is 8.80. The normalized spacial score (nSPS) is 18.0. The Morgan fingerprint density at radius 3 is 2.50 bits per heavy atom. The summed E-state index contributed by atoms with van der Waals surface area (Å²) in [7, 11) is 2.28. The molecule has 1 aliphatic rings. The number of benzene rings is 2. The smallest absolute Gasteiger partial charge is 0.0890 e. The first kappa shape index (κ1) is 19.0. The van der Waals surface area contributed by atoms with Crippen LogP contribution in [-0.2, 0) is 13.0 Å². The highest BCUT2D eigenvalue weighted by atomic mass is 15.2. The van der Waals surface area contributed by atoms with Crippen molar-refractivity contribution < 1.29 is 0 Å². The monoisotopic (exact) mass is 374 g/mol. The predicted molar refractivity (Wildman–Crippen MR) is 115 cm³/mol. The largest absolute Gasteiger partial charge is 0.302 e. The third-order valence-corrected chi connectivity index (χ3v) is 5.92. The first-order chi connectivity index (χ1) is 13.7. The van der Waals surface area contributed by atoms with E-state index < -0.39 is 0 Å². The molecule has 0 radical (unpaired) electrons. The van der Waals surface area contributed by atoms with Gasteiger partial charge in [0.05, 0.1) is 22.4 Å². The Morgan fingerprint density at radius 2 is 1.71 bits per heavy atom. The topological polar surface area (TPSA) is 32.3 Å². The van der Waals surface area contributed by atoms with Crippen LogP contribution in [0.4, 0.5) is 0 Å². The fraction of sp³-hybridized carbons (Fsp3) is 0.417. The number of rotatable bonds is 6. The van der Waals surface area contributed by atoms with E-state index in [1.54, 1.807) is 0 Å². The highest BCUT2D eigenvalue weighted by molar-refractivity contribution is 5.74. The van der Waals surface area contributed by atoms with E-state index in [4.69, 9.17) is 9.97 Å². The lowest BCUT2D eigenvalue weighted by Gasteiger charge is -2.37. The van der Waals surface area contributed by atoms with Gasteiger partial charge in [-0.3, -0.25) is 4.90 Å². The molecule has 4 rings (SSSR count). The Balaban J connectivity index is 1.38. The van der Waals surface area contributed by atoms with Gasteiger partial charge >= 0.3 is 0 Å². The average Bonchev–Trinajstić information content (AvgIpc) is 2.73. The summed E-state index contributed by atoms with van der Waals surface area (Å²) in [5, 5.41) is 0. The second-order valence-corrected chi connectivity index (χ2v) is 7.99. The summed E-state index contributed by atoms with van der Waals surface area (Å²) < 4.78 is 0. The molecule has 0 N–H and O–H groups in total. The van der Waals surface area contributed by atoms with Crippen LogP contribution in [0.1, 0.15) is 29.8 Å². The summed E-state index contributed by atoms with van der Waals surface area (Å²) >= 11 is 0. The number of hydrogen-bond acceptors (Lipinski definition) is 4. The van der Waals surface area contributed by atoms with Gasteiger partial charge in [-0.2, -0.15) is 0 Å². The van der Waals surface area contributed by atoms with Crippen LogP contribution in [0.5, 0.6) is 0 Å². The molecule has 3 aromatic rings. The molecular weight excluding hydrogens is 344 g/mol. The summed E-state index contributed by atoms with van der Waals surface area (Å²) in [5.74, 6) is 0. The number of likely N-dealkylation sites (tertiary alicyclic amines) is 1. The Morgan fingerprint density at radius 1 is 1.00 bits per heavy atom. The van der Waals surface area contributed by atoms with E-state index in [2.05, 4.69) is 60.2 Å². The maximum absolute atomic E-state index is 4.90. The van der Waals surface area contributed by atoms with Crippen molar-refractivity contribution >= 4 is 11.0 Å². The number of fused-ring (bicyclic) bond motifs is 1. The Kier molecular flexibility index (Phi) is 5.98. The van der Waals surface area contributed by atoms with Gasteiger partial charge in [0.15, 0.2) is 0 Å². The van der Waals surface area contributed by atoms with Gasteiger partial charge in [-0.1, -0.05) is 42.5 Å². The van der Waals surface area contributed by atoms with Crippen molar-refractivity contribution in [3.63, 3.8) is 0 Å². The maximum atomic E-state index is 4.90. The lowest BCUT2D eigenvalue weighted by molar-refractivity contribution is 0.111. The van der Waals surface area contributed by atoms with Crippen LogP contribution in [0, 0.1) is 6.92 Å². The molecule has 2 aromatic carbocycles. The summed E-state index contributed by atoms with van der Waals surface area (Å²) in [4.78, 5) is 14.7. The van der Waals surface area contributed by atoms with Crippen LogP contribution in [0.25, 0.3) is 11.0 Å². The highest BCUT2D eigenvalue weighted by Gasteiger charge is 2.24. The SMILES string of the molecule is Cc1nc2ccccc2nc1CN1CCCC(N(C)CCc2ccccc2)C1. The van der Waals surface area contributed by atoms with Gasteiger partial charge in [-0.25, -0.2) is 9.97 Å². The van der Waals surface area contributed by atoms with Crippen LogP contribution in [0.3, 0.4) is 0 Å². The fourth-order valence-corrected chi connectivity index (χ4v) is 4.15. The van der Waals surface area contributed by atoms with Crippen LogP contribution in [0.15, 0.2) is 54.6 Å². The van der Waals surface area contributed by atoms with E-state index in [9.17, 15) is 0 Å². The van der Waals surface area contributed by atoms with Gasteiger partial charge in [0.25, 0.3) is 0 Å². The molecule has 1 fully saturated rings. The van der Waals surface area contributed by atoms with Gasteiger partial charge < -0.3 is 4.90 Å². The van der Waals surface area contributed by atoms with Crippen molar-refractivity contribution in [2.24, 2.45) is 0 Å². The molecule has 0 saturated carbocycles. The zero-order chi connectivity index (χ0) is 19.3. The van der Waals surface area contributed by atoms with E-state index in [1.165, 1.54) is 18.4 Å². The number of likely N-dealkylation sites (N-methyl/N-ethyl adjacent to an activating group) is 1. The minimum Gasteiger partial charge on any atom is -0.302 e. The second-order valence-electron chi connectivity index (χ2n) is 7.99. The molecule has 0 bridgehead atoms. The van der Waals surface area contributed by atoms with E-state index in [0.29, 0.717) is 6.04 Å². The summed E-state index contributed by atoms with van der Waals surface area (Å²) in [6.45, 7) is 6.35. The molecule has 1 aliphatic heterocycles. The predicted octanol–water partition coefficient (Wildman–Crippen LogP) is 4.08. The van der Waals surface area contributed by atoms with Crippen LogP contribution >= 0.6 is 0 Å². The van der Waals surface area contributed by atoms with Gasteiger partial charge in [-0.05, 0) is 57.5 Å². The Labute approximate surface area is 168 Å².